The van der Waals surface area contributed by atoms with E-state index < -0.39 is 23.4 Å². The highest BCUT2D eigenvalue weighted by Crippen LogP contribution is 2.37. The summed E-state index contributed by atoms with van der Waals surface area (Å²) in [5, 5.41) is 0. The maximum absolute atomic E-state index is 14.1. The Morgan fingerprint density at radius 3 is 1.60 bits per heavy atom. The van der Waals surface area contributed by atoms with Crippen LogP contribution in [0.3, 0.4) is 0 Å². The molecule has 1 aromatic carbocycles. The Hall–Kier alpha value is -1.11. The van der Waals surface area contributed by atoms with Gasteiger partial charge in [-0.25, -0.2) is 13.2 Å². The van der Waals surface area contributed by atoms with Gasteiger partial charge in [0.05, 0.1) is 18.3 Å². The topological polar surface area (TPSA) is 27.7 Å². The first-order chi connectivity index (χ1) is 16.5. The van der Waals surface area contributed by atoms with Crippen molar-refractivity contribution in [1.29, 1.82) is 0 Å². The Balaban J connectivity index is 2.97. The molecular formula is C29H49F3O3. The highest BCUT2D eigenvalue weighted by atomic mass is 19.2. The third kappa shape index (κ3) is 12.1. The third-order valence-electron chi connectivity index (χ3n) is 5.94. The zero-order valence-corrected chi connectivity index (χ0v) is 23.1. The summed E-state index contributed by atoms with van der Waals surface area (Å²) in [6.45, 7) is 14.1. The highest BCUT2D eigenvalue weighted by molar-refractivity contribution is 5.20. The van der Waals surface area contributed by atoms with E-state index in [1.165, 1.54) is 25.7 Å². The van der Waals surface area contributed by atoms with E-state index in [0.29, 0.717) is 18.9 Å². The molecule has 35 heavy (non-hydrogen) atoms. The van der Waals surface area contributed by atoms with Gasteiger partial charge in [-0.2, -0.15) is 0 Å². The van der Waals surface area contributed by atoms with Crippen LogP contribution in [0.15, 0.2) is 12.1 Å². The van der Waals surface area contributed by atoms with Gasteiger partial charge in [-0.3, -0.25) is 0 Å². The van der Waals surface area contributed by atoms with Gasteiger partial charge in [0.2, 0.25) is 0 Å². The molecule has 0 bridgehead atoms. The average molecular weight is 503 g/mol. The second-order valence-electron chi connectivity index (χ2n) is 10.5. The SMILES string of the molecule is CCCCCCCCC(CCCCc1cc(F)c(F)cc1F)C(OC(C)C)(OC(C)C)OC(C)C. The molecule has 0 heterocycles. The fourth-order valence-electron chi connectivity index (χ4n) is 4.49. The van der Waals surface area contributed by atoms with Gasteiger partial charge in [0.25, 0.3) is 5.97 Å². The minimum atomic E-state index is -1.16. The van der Waals surface area contributed by atoms with E-state index in [9.17, 15) is 13.2 Å². The summed E-state index contributed by atoms with van der Waals surface area (Å²) in [6.07, 6.45) is 10.3. The average Bonchev–Trinajstić information content (AvgIpc) is 2.73. The van der Waals surface area contributed by atoms with E-state index >= 15 is 0 Å². The van der Waals surface area contributed by atoms with Gasteiger partial charge >= 0.3 is 0 Å². The Labute approximate surface area is 212 Å². The van der Waals surface area contributed by atoms with E-state index in [-0.39, 0.29) is 29.8 Å². The molecule has 0 aromatic heterocycles. The maximum Gasteiger partial charge on any atom is 0.286 e. The first-order valence-electron chi connectivity index (χ1n) is 13.7. The van der Waals surface area contributed by atoms with Crippen LogP contribution in [0.4, 0.5) is 13.2 Å². The first kappa shape index (κ1) is 31.9. The molecule has 0 aliphatic carbocycles. The number of unbranched alkanes of at least 4 members (excludes halogenated alkanes) is 6. The molecule has 0 spiro atoms. The minimum Gasteiger partial charge on any atom is -0.324 e. The molecule has 1 aromatic rings. The largest absolute Gasteiger partial charge is 0.324 e. The number of aryl methyl sites for hydroxylation is 1. The quantitative estimate of drug-likeness (QED) is 0.107. The normalized spacial score (nSPS) is 13.4. The number of rotatable bonds is 19. The van der Waals surface area contributed by atoms with Crippen LogP contribution in [0, 0.1) is 23.4 Å². The van der Waals surface area contributed by atoms with Gasteiger partial charge in [0.15, 0.2) is 11.6 Å². The number of hydrogen-bond donors (Lipinski definition) is 0. The van der Waals surface area contributed by atoms with Crippen LogP contribution < -0.4 is 0 Å². The van der Waals surface area contributed by atoms with Crippen molar-refractivity contribution < 1.29 is 27.4 Å². The van der Waals surface area contributed by atoms with Crippen molar-refractivity contribution in [1.82, 2.24) is 0 Å². The van der Waals surface area contributed by atoms with Crippen LogP contribution in [-0.4, -0.2) is 24.3 Å². The van der Waals surface area contributed by atoms with Crippen LogP contribution in [0.1, 0.15) is 118 Å². The van der Waals surface area contributed by atoms with E-state index in [0.717, 1.165) is 38.2 Å². The maximum atomic E-state index is 14.1. The standard InChI is InChI=1S/C29H49F3O3/c1-8-9-10-11-12-13-17-25(29(33-21(2)3,34-22(4)5)35-23(6)7)18-15-14-16-24-19-27(31)28(32)20-26(24)30/h19-23,25H,8-18H2,1-7H3. The fraction of sp³-hybridized carbons (Fsp3) is 0.793. The smallest absolute Gasteiger partial charge is 0.286 e. The van der Waals surface area contributed by atoms with Gasteiger partial charge < -0.3 is 14.2 Å². The lowest BCUT2D eigenvalue weighted by atomic mass is 9.91. The predicted octanol–water partition coefficient (Wildman–Crippen LogP) is 9.11. The summed E-state index contributed by atoms with van der Waals surface area (Å²) in [6, 6.07) is 1.59. The highest BCUT2D eigenvalue weighted by Gasteiger charge is 2.44. The molecule has 3 nitrogen and oxygen atoms in total. The molecule has 0 amide bonds. The summed E-state index contributed by atoms with van der Waals surface area (Å²) in [5.41, 5.74) is 0.206. The zero-order chi connectivity index (χ0) is 26.4. The second kappa shape index (κ2) is 16.6. The fourth-order valence-corrected chi connectivity index (χ4v) is 4.49. The molecule has 0 N–H and O–H groups in total. The summed E-state index contributed by atoms with van der Waals surface area (Å²) in [7, 11) is 0. The summed E-state index contributed by atoms with van der Waals surface area (Å²) < 4.78 is 60.1. The Morgan fingerprint density at radius 1 is 0.629 bits per heavy atom. The van der Waals surface area contributed by atoms with Crippen molar-refractivity contribution in [2.45, 2.75) is 143 Å². The lowest BCUT2D eigenvalue weighted by molar-refractivity contribution is -0.433. The van der Waals surface area contributed by atoms with Crippen molar-refractivity contribution in [2.75, 3.05) is 0 Å². The van der Waals surface area contributed by atoms with E-state index in [1.807, 2.05) is 41.5 Å². The Kier molecular flexibility index (Phi) is 15.1. The summed E-state index contributed by atoms with van der Waals surface area (Å²) in [5.74, 6) is -4.03. The van der Waals surface area contributed by atoms with Gasteiger partial charge in [0.1, 0.15) is 5.82 Å². The Morgan fingerprint density at radius 2 is 1.09 bits per heavy atom. The van der Waals surface area contributed by atoms with E-state index in [1.54, 1.807) is 0 Å². The number of hydrogen-bond acceptors (Lipinski definition) is 3. The van der Waals surface area contributed by atoms with E-state index in [4.69, 9.17) is 14.2 Å². The van der Waals surface area contributed by atoms with Crippen LogP contribution >= 0.6 is 0 Å². The summed E-state index contributed by atoms with van der Waals surface area (Å²) in [4.78, 5) is 0. The molecule has 0 saturated carbocycles. The van der Waals surface area contributed by atoms with Crippen LogP contribution in [0.25, 0.3) is 0 Å². The molecule has 1 unspecified atom stereocenters. The van der Waals surface area contributed by atoms with Gasteiger partial charge in [-0.15, -0.1) is 0 Å². The summed E-state index contributed by atoms with van der Waals surface area (Å²) >= 11 is 0. The zero-order valence-electron chi connectivity index (χ0n) is 23.1. The van der Waals surface area contributed by atoms with Crippen LogP contribution in [0.2, 0.25) is 0 Å². The molecule has 0 aliphatic heterocycles. The van der Waals surface area contributed by atoms with Crippen LogP contribution in [0.5, 0.6) is 0 Å². The van der Waals surface area contributed by atoms with Crippen molar-refractivity contribution in [3.63, 3.8) is 0 Å². The molecule has 6 heteroatoms. The molecule has 0 aliphatic rings. The molecule has 0 radical (unpaired) electrons. The van der Waals surface area contributed by atoms with E-state index in [2.05, 4.69) is 6.92 Å². The Bertz CT molecular complexity index is 680. The lowest BCUT2D eigenvalue weighted by Crippen LogP contribution is -2.50. The number of ether oxygens (including phenoxy) is 3. The number of benzene rings is 1. The van der Waals surface area contributed by atoms with Gasteiger partial charge in [-0.05, 0) is 78.9 Å². The monoisotopic (exact) mass is 502 g/mol. The van der Waals surface area contributed by atoms with Gasteiger partial charge in [0, 0.05) is 12.0 Å². The second-order valence-corrected chi connectivity index (χ2v) is 10.5. The van der Waals surface area contributed by atoms with Crippen molar-refractivity contribution in [2.24, 2.45) is 5.92 Å². The third-order valence-corrected chi connectivity index (χ3v) is 5.94. The molecule has 1 rings (SSSR count). The van der Waals surface area contributed by atoms with Crippen LogP contribution in [-0.2, 0) is 20.6 Å². The van der Waals surface area contributed by atoms with Crippen molar-refractivity contribution >= 4 is 0 Å². The molecule has 0 fully saturated rings. The van der Waals surface area contributed by atoms with Crippen molar-refractivity contribution in [3.05, 3.63) is 35.1 Å². The molecule has 204 valence electrons. The molecule has 1 atom stereocenters. The number of halogens is 3. The van der Waals surface area contributed by atoms with Gasteiger partial charge in [-0.1, -0.05) is 51.9 Å². The van der Waals surface area contributed by atoms with Crippen molar-refractivity contribution in [3.8, 4) is 0 Å². The molecule has 0 saturated heterocycles. The molecular weight excluding hydrogens is 453 g/mol. The lowest BCUT2D eigenvalue weighted by Gasteiger charge is -2.43. The first-order valence-corrected chi connectivity index (χ1v) is 13.7. The predicted molar refractivity (Wildman–Crippen MR) is 137 cm³/mol. The minimum absolute atomic E-state index is 0.00400.